The number of aromatic amines is 1. The molecule has 1 fully saturated rings. The van der Waals surface area contributed by atoms with Crippen LogP contribution in [0.5, 0.6) is 0 Å². The number of aryl methyl sites for hydroxylation is 1. The molecule has 3 aromatic rings. The number of carbonyl (C=O) groups excluding carboxylic acids is 1. The second-order valence-electron chi connectivity index (χ2n) is 6.87. The quantitative estimate of drug-likeness (QED) is 0.757. The van der Waals surface area contributed by atoms with Crippen LogP contribution < -0.4 is 0 Å². The van der Waals surface area contributed by atoms with E-state index in [1.165, 1.54) is 5.56 Å². The minimum absolute atomic E-state index is 0.0779. The van der Waals surface area contributed by atoms with Crippen molar-refractivity contribution in [3.05, 3.63) is 70.4 Å². The number of rotatable bonds is 3. The van der Waals surface area contributed by atoms with Gasteiger partial charge in [-0.1, -0.05) is 41.9 Å². The Morgan fingerprint density at radius 3 is 2.54 bits per heavy atom. The predicted octanol–water partition coefficient (Wildman–Crippen LogP) is 4.09. The standard InChI is InChI=1S/C21H22ClN3O/c1-15-18-13-17(22)7-8-19(18)23-20(15)21(26)25-11-9-24(10-12-25)14-16-5-3-2-4-6-16/h2-8,13,23H,9-12,14H2,1H3. The lowest BCUT2D eigenvalue weighted by Crippen LogP contribution is -2.48. The molecule has 1 aromatic heterocycles. The maximum atomic E-state index is 13.0. The first-order valence-electron chi connectivity index (χ1n) is 8.95. The summed E-state index contributed by atoms with van der Waals surface area (Å²) in [5.41, 5.74) is 3.92. The van der Waals surface area contributed by atoms with E-state index >= 15 is 0 Å². The summed E-state index contributed by atoms with van der Waals surface area (Å²) in [4.78, 5) is 20.6. The Morgan fingerprint density at radius 2 is 1.81 bits per heavy atom. The van der Waals surface area contributed by atoms with Gasteiger partial charge in [0.05, 0.1) is 0 Å². The molecule has 0 radical (unpaired) electrons. The highest BCUT2D eigenvalue weighted by molar-refractivity contribution is 6.31. The number of carbonyl (C=O) groups is 1. The van der Waals surface area contributed by atoms with E-state index < -0.39 is 0 Å². The summed E-state index contributed by atoms with van der Waals surface area (Å²) in [6, 6.07) is 16.2. The minimum Gasteiger partial charge on any atom is -0.350 e. The average Bonchev–Trinajstić information content (AvgIpc) is 2.99. The Hall–Kier alpha value is -2.30. The number of hydrogen-bond acceptors (Lipinski definition) is 2. The van der Waals surface area contributed by atoms with Crippen LogP contribution in [0.3, 0.4) is 0 Å². The Morgan fingerprint density at radius 1 is 1.08 bits per heavy atom. The lowest BCUT2D eigenvalue weighted by molar-refractivity contribution is 0.0623. The molecule has 0 spiro atoms. The van der Waals surface area contributed by atoms with Crippen molar-refractivity contribution in [1.82, 2.24) is 14.8 Å². The topological polar surface area (TPSA) is 39.3 Å². The molecule has 5 heteroatoms. The molecule has 1 amide bonds. The van der Waals surface area contributed by atoms with Gasteiger partial charge in [0.15, 0.2) is 0 Å². The third-order valence-corrected chi connectivity index (χ3v) is 5.38. The maximum absolute atomic E-state index is 13.0. The molecule has 0 aliphatic carbocycles. The molecule has 0 unspecified atom stereocenters. The van der Waals surface area contributed by atoms with Gasteiger partial charge in [0, 0.05) is 48.6 Å². The van der Waals surface area contributed by atoms with Gasteiger partial charge < -0.3 is 9.88 Å². The second kappa shape index (κ2) is 7.14. The molecule has 4 rings (SSSR count). The zero-order chi connectivity index (χ0) is 18.1. The second-order valence-corrected chi connectivity index (χ2v) is 7.31. The van der Waals surface area contributed by atoms with Crippen molar-refractivity contribution in [2.75, 3.05) is 26.2 Å². The zero-order valence-electron chi connectivity index (χ0n) is 14.8. The summed E-state index contributed by atoms with van der Waals surface area (Å²) < 4.78 is 0. The number of benzene rings is 2. The molecule has 2 heterocycles. The molecule has 0 saturated carbocycles. The van der Waals surface area contributed by atoms with Gasteiger partial charge in [-0.15, -0.1) is 0 Å². The monoisotopic (exact) mass is 367 g/mol. The van der Waals surface area contributed by atoms with Gasteiger partial charge in [-0.25, -0.2) is 0 Å². The molecule has 1 saturated heterocycles. The Bertz CT molecular complexity index is 927. The van der Waals surface area contributed by atoms with E-state index in [1.807, 2.05) is 36.1 Å². The SMILES string of the molecule is Cc1c(C(=O)N2CCN(Cc3ccccc3)CC2)[nH]c2ccc(Cl)cc12. The molecule has 2 aromatic carbocycles. The number of amides is 1. The molecule has 1 aliphatic heterocycles. The summed E-state index contributed by atoms with van der Waals surface area (Å²) in [5.74, 6) is 0.0779. The first-order valence-corrected chi connectivity index (χ1v) is 9.33. The number of fused-ring (bicyclic) bond motifs is 1. The average molecular weight is 368 g/mol. The third kappa shape index (κ3) is 3.35. The van der Waals surface area contributed by atoms with Gasteiger partial charge in [0.1, 0.15) is 5.69 Å². The normalized spacial score (nSPS) is 15.5. The number of nitrogens with zero attached hydrogens (tertiary/aromatic N) is 2. The van der Waals surface area contributed by atoms with E-state index in [4.69, 9.17) is 11.6 Å². The first-order chi connectivity index (χ1) is 12.6. The summed E-state index contributed by atoms with van der Waals surface area (Å²) in [6.45, 7) is 6.21. The van der Waals surface area contributed by atoms with Crippen LogP contribution in [-0.4, -0.2) is 46.9 Å². The number of nitrogens with one attached hydrogen (secondary N) is 1. The fraction of sp³-hybridized carbons (Fsp3) is 0.286. The molecule has 0 atom stereocenters. The smallest absolute Gasteiger partial charge is 0.270 e. The van der Waals surface area contributed by atoms with Gasteiger partial charge >= 0.3 is 0 Å². The van der Waals surface area contributed by atoms with E-state index in [2.05, 4.69) is 34.1 Å². The lowest BCUT2D eigenvalue weighted by atomic mass is 10.1. The fourth-order valence-corrected chi connectivity index (χ4v) is 3.79. The van der Waals surface area contributed by atoms with Crippen molar-refractivity contribution >= 4 is 28.4 Å². The van der Waals surface area contributed by atoms with E-state index in [0.29, 0.717) is 10.7 Å². The van der Waals surface area contributed by atoms with E-state index in [9.17, 15) is 4.79 Å². The number of H-pyrrole nitrogens is 1. The number of aromatic nitrogens is 1. The zero-order valence-corrected chi connectivity index (χ0v) is 15.6. The van der Waals surface area contributed by atoms with Crippen LogP contribution in [0.2, 0.25) is 5.02 Å². The maximum Gasteiger partial charge on any atom is 0.270 e. The summed E-state index contributed by atoms with van der Waals surface area (Å²) >= 11 is 6.10. The van der Waals surface area contributed by atoms with Crippen LogP contribution in [0.1, 0.15) is 21.6 Å². The van der Waals surface area contributed by atoms with E-state index in [0.717, 1.165) is 49.2 Å². The van der Waals surface area contributed by atoms with Crippen molar-refractivity contribution < 1.29 is 4.79 Å². The van der Waals surface area contributed by atoms with Crippen molar-refractivity contribution in [1.29, 1.82) is 0 Å². The van der Waals surface area contributed by atoms with Crippen LogP contribution in [0, 0.1) is 6.92 Å². The molecule has 134 valence electrons. The summed E-state index contributed by atoms with van der Waals surface area (Å²) in [7, 11) is 0. The van der Waals surface area contributed by atoms with Crippen molar-refractivity contribution in [3.63, 3.8) is 0 Å². The Kier molecular flexibility index (Phi) is 4.70. The highest BCUT2D eigenvalue weighted by Crippen LogP contribution is 2.26. The van der Waals surface area contributed by atoms with Crippen LogP contribution in [0.4, 0.5) is 0 Å². The molecule has 1 N–H and O–H groups in total. The van der Waals surface area contributed by atoms with Crippen LogP contribution in [0.25, 0.3) is 10.9 Å². The molecule has 26 heavy (non-hydrogen) atoms. The molecule has 1 aliphatic rings. The molecule has 0 bridgehead atoms. The highest BCUT2D eigenvalue weighted by atomic mass is 35.5. The minimum atomic E-state index is 0.0779. The largest absolute Gasteiger partial charge is 0.350 e. The Balaban J connectivity index is 1.44. The summed E-state index contributed by atoms with van der Waals surface area (Å²) in [5, 5.41) is 1.71. The molecular formula is C21H22ClN3O. The third-order valence-electron chi connectivity index (χ3n) is 5.14. The van der Waals surface area contributed by atoms with E-state index in [1.54, 1.807) is 0 Å². The first kappa shape index (κ1) is 17.1. The van der Waals surface area contributed by atoms with Crippen molar-refractivity contribution in [3.8, 4) is 0 Å². The molecule has 4 nitrogen and oxygen atoms in total. The fourth-order valence-electron chi connectivity index (χ4n) is 3.62. The lowest BCUT2D eigenvalue weighted by Gasteiger charge is -2.34. The number of halogens is 1. The van der Waals surface area contributed by atoms with Crippen molar-refractivity contribution in [2.45, 2.75) is 13.5 Å². The van der Waals surface area contributed by atoms with Crippen LogP contribution >= 0.6 is 11.6 Å². The highest BCUT2D eigenvalue weighted by Gasteiger charge is 2.25. The van der Waals surface area contributed by atoms with Gasteiger partial charge in [-0.2, -0.15) is 0 Å². The summed E-state index contributed by atoms with van der Waals surface area (Å²) in [6.07, 6.45) is 0. The van der Waals surface area contributed by atoms with Gasteiger partial charge in [0.2, 0.25) is 0 Å². The van der Waals surface area contributed by atoms with E-state index in [-0.39, 0.29) is 5.91 Å². The predicted molar refractivity (Wildman–Crippen MR) is 106 cm³/mol. The van der Waals surface area contributed by atoms with Crippen molar-refractivity contribution in [2.24, 2.45) is 0 Å². The number of piperazine rings is 1. The van der Waals surface area contributed by atoms with Crippen LogP contribution in [0.15, 0.2) is 48.5 Å². The van der Waals surface area contributed by atoms with Gasteiger partial charge in [-0.3, -0.25) is 9.69 Å². The number of hydrogen-bond donors (Lipinski definition) is 1. The molecular weight excluding hydrogens is 346 g/mol. The van der Waals surface area contributed by atoms with Gasteiger partial charge in [0.25, 0.3) is 5.91 Å². The van der Waals surface area contributed by atoms with Crippen LogP contribution in [-0.2, 0) is 6.54 Å². The Labute approximate surface area is 158 Å². The van der Waals surface area contributed by atoms with Gasteiger partial charge in [-0.05, 0) is 36.2 Å².